The molecule has 0 amide bonds. The van der Waals surface area contributed by atoms with Crippen molar-refractivity contribution in [3.8, 4) is 0 Å². The van der Waals surface area contributed by atoms with Crippen LogP contribution in [-0.2, 0) is 11.3 Å². The molecule has 1 aromatic heterocycles. The Labute approximate surface area is 128 Å². The fraction of sp³-hybridized carbons (Fsp3) is 0.154. The van der Waals surface area contributed by atoms with Crippen molar-refractivity contribution < 1.29 is 9.53 Å². The molecule has 0 atom stereocenters. The summed E-state index contributed by atoms with van der Waals surface area (Å²) in [6.07, 6.45) is 0. The first-order chi connectivity index (χ1) is 9.10. The molecule has 0 saturated carbocycles. The average Bonchev–Trinajstić information content (AvgIpc) is 2.75. The number of esters is 1. The van der Waals surface area contributed by atoms with Gasteiger partial charge in [-0.3, -0.25) is 0 Å². The smallest absolute Gasteiger partial charge is 0.337 e. The predicted octanol–water partition coefficient (Wildman–Crippen LogP) is 4.56. The quantitative estimate of drug-likeness (QED) is 0.812. The standard InChI is InChI=1S/C13H11BrClNO2S/c1-18-13(17)8-2-4-9(5-3-8)16-7-10-6-11(14)12(15)19-10/h2-6,16H,7H2,1H3. The Kier molecular flexibility index (Phi) is 4.85. The first-order valence-electron chi connectivity index (χ1n) is 5.46. The molecule has 3 nitrogen and oxygen atoms in total. The van der Waals surface area contributed by atoms with E-state index in [1.165, 1.54) is 18.4 Å². The number of methoxy groups -OCH3 is 1. The summed E-state index contributed by atoms with van der Waals surface area (Å²) in [5.41, 5.74) is 1.48. The minimum Gasteiger partial charge on any atom is -0.465 e. The van der Waals surface area contributed by atoms with Gasteiger partial charge in [-0.25, -0.2) is 4.79 Å². The zero-order valence-corrected chi connectivity index (χ0v) is 13.2. The normalized spacial score (nSPS) is 10.3. The highest BCUT2D eigenvalue weighted by Crippen LogP contribution is 2.32. The minimum atomic E-state index is -0.333. The van der Waals surface area contributed by atoms with Gasteiger partial charge >= 0.3 is 5.97 Å². The minimum absolute atomic E-state index is 0.333. The van der Waals surface area contributed by atoms with Gasteiger partial charge in [-0.15, -0.1) is 11.3 Å². The van der Waals surface area contributed by atoms with E-state index in [0.717, 1.165) is 19.4 Å². The number of carbonyl (C=O) groups is 1. The highest BCUT2D eigenvalue weighted by atomic mass is 79.9. The Morgan fingerprint density at radius 1 is 1.42 bits per heavy atom. The number of thiophene rings is 1. The van der Waals surface area contributed by atoms with Gasteiger partial charge in [0.1, 0.15) is 4.34 Å². The van der Waals surface area contributed by atoms with Crippen LogP contribution in [0.1, 0.15) is 15.2 Å². The van der Waals surface area contributed by atoms with Crippen molar-refractivity contribution >= 4 is 50.5 Å². The van der Waals surface area contributed by atoms with E-state index in [2.05, 4.69) is 26.0 Å². The number of anilines is 1. The zero-order valence-electron chi connectivity index (χ0n) is 10.1. The average molecular weight is 361 g/mol. The predicted molar refractivity (Wildman–Crippen MR) is 82.1 cm³/mol. The van der Waals surface area contributed by atoms with Crippen LogP contribution in [0.15, 0.2) is 34.8 Å². The van der Waals surface area contributed by atoms with Crippen LogP contribution in [0.5, 0.6) is 0 Å². The Bertz CT molecular complexity index is 563. The number of nitrogens with one attached hydrogen (secondary N) is 1. The van der Waals surface area contributed by atoms with E-state index >= 15 is 0 Å². The lowest BCUT2D eigenvalue weighted by Gasteiger charge is -2.05. The number of carbonyl (C=O) groups excluding carboxylic acids is 1. The molecule has 0 radical (unpaired) electrons. The van der Waals surface area contributed by atoms with Crippen LogP contribution in [0.2, 0.25) is 4.34 Å². The SMILES string of the molecule is COC(=O)c1ccc(NCc2cc(Br)c(Cl)s2)cc1. The summed E-state index contributed by atoms with van der Waals surface area (Å²) in [6, 6.07) is 9.13. The van der Waals surface area contributed by atoms with Crippen molar-refractivity contribution in [3.63, 3.8) is 0 Å². The summed E-state index contributed by atoms with van der Waals surface area (Å²) in [4.78, 5) is 12.4. The van der Waals surface area contributed by atoms with Gasteiger partial charge in [-0.2, -0.15) is 0 Å². The monoisotopic (exact) mass is 359 g/mol. The van der Waals surface area contributed by atoms with E-state index in [0.29, 0.717) is 12.1 Å². The second kappa shape index (κ2) is 6.41. The summed E-state index contributed by atoms with van der Waals surface area (Å²) < 4.78 is 6.31. The van der Waals surface area contributed by atoms with Crippen LogP contribution < -0.4 is 5.32 Å². The van der Waals surface area contributed by atoms with Crippen molar-refractivity contribution in [1.82, 2.24) is 0 Å². The molecule has 0 aliphatic heterocycles. The van der Waals surface area contributed by atoms with Crippen LogP contribution in [0.4, 0.5) is 5.69 Å². The molecule has 1 N–H and O–H groups in total. The number of ether oxygens (including phenoxy) is 1. The Hall–Kier alpha value is -1.04. The molecule has 2 rings (SSSR count). The van der Waals surface area contributed by atoms with E-state index in [1.54, 1.807) is 12.1 Å². The van der Waals surface area contributed by atoms with Gasteiger partial charge in [-0.05, 0) is 46.3 Å². The fourth-order valence-corrected chi connectivity index (χ4v) is 3.24. The molecule has 0 unspecified atom stereocenters. The second-order valence-electron chi connectivity index (χ2n) is 3.76. The Morgan fingerprint density at radius 3 is 2.63 bits per heavy atom. The first kappa shape index (κ1) is 14.4. The van der Waals surface area contributed by atoms with Crippen molar-refractivity contribution in [2.45, 2.75) is 6.54 Å². The number of halogens is 2. The molecule has 6 heteroatoms. The number of hydrogen-bond acceptors (Lipinski definition) is 4. The summed E-state index contributed by atoms with van der Waals surface area (Å²) in [5.74, 6) is -0.333. The lowest BCUT2D eigenvalue weighted by molar-refractivity contribution is 0.0601. The van der Waals surface area contributed by atoms with Gasteiger partial charge < -0.3 is 10.1 Å². The van der Waals surface area contributed by atoms with Crippen molar-refractivity contribution in [3.05, 3.63) is 49.6 Å². The van der Waals surface area contributed by atoms with Crippen molar-refractivity contribution in [2.75, 3.05) is 12.4 Å². The zero-order chi connectivity index (χ0) is 13.8. The molecule has 0 saturated heterocycles. The number of rotatable bonds is 4. The Morgan fingerprint density at radius 2 is 2.11 bits per heavy atom. The van der Waals surface area contributed by atoms with E-state index in [9.17, 15) is 4.79 Å². The molecule has 0 aliphatic carbocycles. The highest BCUT2D eigenvalue weighted by Gasteiger charge is 2.06. The topological polar surface area (TPSA) is 38.3 Å². The fourth-order valence-electron chi connectivity index (χ4n) is 1.51. The van der Waals surface area contributed by atoms with Crippen molar-refractivity contribution in [2.24, 2.45) is 0 Å². The molecule has 1 aromatic carbocycles. The largest absolute Gasteiger partial charge is 0.465 e. The van der Waals surface area contributed by atoms with Crippen LogP contribution >= 0.6 is 38.9 Å². The molecule has 0 bridgehead atoms. The third kappa shape index (κ3) is 3.72. The van der Waals surface area contributed by atoms with Crippen LogP contribution in [0.3, 0.4) is 0 Å². The summed E-state index contributed by atoms with van der Waals surface area (Å²) in [5, 5.41) is 3.26. The molecular formula is C13H11BrClNO2S. The van der Waals surface area contributed by atoms with Crippen molar-refractivity contribution in [1.29, 1.82) is 0 Å². The van der Waals surface area contributed by atoms with Crippen LogP contribution in [0.25, 0.3) is 0 Å². The third-order valence-corrected chi connectivity index (χ3v) is 4.94. The lowest BCUT2D eigenvalue weighted by atomic mass is 10.2. The number of benzene rings is 1. The molecule has 19 heavy (non-hydrogen) atoms. The van der Waals surface area contributed by atoms with Crippen LogP contribution in [0, 0.1) is 0 Å². The number of hydrogen-bond donors (Lipinski definition) is 1. The molecule has 2 aromatic rings. The van der Waals surface area contributed by atoms with Gasteiger partial charge in [0, 0.05) is 21.6 Å². The second-order valence-corrected chi connectivity index (χ2v) is 6.35. The van der Waals surface area contributed by atoms with E-state index in [4.69, 9.17) is 11.6 Å². The highest BCUT2D eigenvalue weighted by molar-refractivity contribution is 9.10. The van der Waals surface area contributed by atoms with E-state index in [-0.39, 0.29) is 5.97 Å². The van der Waals surface area contributed by atoms with Gasteiger partial charge in [0.25, 0.3) is 0 Å². The lowest BCUT2D eigenvalue weighted by Crippen LogP contribution is -2.02. The summed E-state index contributed by atoms with van der Waals surface area (Å²) in [7, 11) is 1.37. The Balaban J connectivity index is 1.98. The third-order valence-electron chi connectivity index (χ3n) is 2.47. The van der Waals surface area contributed by atoms with Gasteiger partial charge in [0.05, 0.1) is 12.7 Å². The van der Waals surface area contributed by atoms with E-state index < -0.39 is 0 Å². The molecule has 1 heterocycles. The maximum Gasteiger partial charge on any atom is 0.337 e. The maximum absolute atomic E-state index is 11.3. The summed E-state index contributed by atoms with van der Waals surface area (Å²) >= 11 is 10.9. The van der Waals surface area contributed by atoms with Gasteiger partial charge in [0.2, 0.25) is 0 Å². The molecule has 0 aliphatic rings. The van der Waals surface area contributed by atoms with Crippen LogP contribution in [-0.4, -0.2) is 13.1 Å². The van der Waals surface area contributed by atoms with Gasteiger partial charge in [-0.1, -0.05) is 11.6 Å². The molecule has 0 fully saturated rings. The molecular weight excluding hydrogens is 350 g/mol. The molecule has 0 spiro atoms. The summed E-state index contributed by atoms with van der Waals surface area (Å²) in [6.45, 7) is 0.688. The first-order valence-corrected chi connectivity index (χ1v) is 7.45. The van der Waals surface area contributed by atoms with Gasteiger partial charge in [0.15, 0.2) is 0 Å². The maximum atomic E-state index is 11.3. The molecule has 100 valence electrons. The van der Waals surface area contributed by atoms with E-state index in [1.807, 2.05) is 18.2 Å².